The molecule has 12 nitrogen and oxygen atoms in total. The lowest BCUT2D eigenvalue weighted by Crippen LogP contribution is -2.43. The summed E-state index contributed by atoms with van der Waals surface area (Å²) in [4.78, 5) is 43.8. The second-order valence-corrected chi connectivity index (χ2v) is 16.5. The molecular weight excluding hydrogens is 767 g/mol. The first-order chi connectivity index (χ1) is 28.5. The molecule has 0 N–H and O–H groups in total. The quantitative estimate of drug-likeness (QED) is 0.0398. The van der Waals surface area contributed by atoms with Crippen LogP contribution < -0.4 is 9.47 Å². The van der Waals surface area contributed by atoms with E-state index in [9.17, 15) is 19.6 Å². The molecule has 2 heterocycles. The van der Waals surface area contributed by atoms with E-state index in [-0.39, 0.29) is 57.1 Å². The summed E-state index contributed by atoms with van der Waals surface area (Å²) in [6.07, 6.45) is 0.133. The maximum atomic E-state index is 14.4. The molecule has 3 amide bonds. The molecule has 0 radical (unpaired) electrons. The molecule has 0 saturated carbocycles. The Balaban J connectivity index is 1.35. The highest BCUT2D eigenvalue weighted by molar-refractivity contribution is 7.44. The van der Waals surface area contributed by atoms with E-state index in [4.69, 9.17) is 23.3 Å². The number of carbonyl (C=O) groups excluding carboxylic acids is 3. The molecule has 1 unspecified atom stereocenters. The van der Waals surface area contributed by atoms with Gasteiger partial charge in [0.2, 0.25) is 5.91 Å². The number of carbonyl (C=O) groups is 3. The van der Waals surface area contributed by atoms with E-state index in [0.717, 1.165) is 21.6 Å². The van der Waals surface area contributed by atoms with Crippen molar-refractivity contribution in [2.75, 3.05) is 40.5 Å². The van der Waals surface area contributed by atoms with Crippen molar-refractivity contribution in [3.63, 3.8) is 0 Å². The number of ether oxygens (including phenoxy) is 3. The SMILES string of the molecule is COc1ccc(C(OC[C@@H]2C[C@@H](OP(OCCC#N)N(C(C)C)C(C)C)CN2C(=O)CCN2C(=O)c3ccccc3C2=O)(c2ccccc2)c2ccc(OC)cc2)cc1. The zero-order valence-electron chi connectivity index (χ0n) is 34.6. The van der Waals surface area contributed by atoms with Crippen LogP contribution in [0.3, 0.4) is 0 Å². The highest BCUT2D eigenvalue weighted by Crippen LogP contribution is 2.49. The van der Waals surface area contributed by atoms with Crippen molar-refractivity contribution in [2.45, 2.75) is 76.8 Å². The van der Waals surface area contributed by atoms with Crippen molar-refractivity contribution in [3.05, 3.63) is 131 Å². The van der Waals surface area contributed by atoms with Crippen molar-refractivity contribution < 1.29 is 37.6 Å². The number of nitriles is 1. The average Bonchev–Trinajstić information content (AvgIpc) is 3.77. The normalized spacial score (nSPS) is 17.2. The van der Waals surface area contributed by atoms with Gasteiger partial charge >= 0.3 is 0 Å². The number of hydrogen-bond acceptors (Lipinski definition) is 10. The molecule has 4 aromatic carbocycles. The number of imide groups is 1. The average molecular weight is 821 g/mol. The second kappa shape index (κ2) is 19.7. The lowest BCUT2D eigenvalue weighted by Gasteiger charge is -2.38. The van der Waals surface area contributed by atoms with Gasteiger partial charge in [0.25, 0.3) is 20.3 Å². The number of methoxy groups -OCH3 is 2. The van der Waals surface area contributed by atoms with Gasteiger partial charge < -0.3 is 28.2 Å². The number of nitrogens with zero attached hydrogens (tertiary/aromatic N) is 4. The minimum absolute atomic E-state index is 0.0646. The monoisotopic (exact) mass is 820 g/mol. The predicted octanol–water partition coefficient (Wildman–Crippen LogP) is 7.96. The van der Waals surface area contributed by atoms with Crippen LogP contribution in [0.2, 0.25) is 0 Å². The van der Waals surface area contributed by atoms with Gasteiger partial charge in [-0.05, 0) is 87.2 Å². The molecule has 0 aliphatic carbocycles. The van der Waals surface area contributed by atoms with Gasteiger partial charge in [0.05, 0.1) is 63.2 Å². The third kappa shape index (κ3) is 9.51. The molecule has 2 aliphatic rings. The maximum absolute atomic E-state index is 14.4. The summed E-state index contributed by atoms with van der Waals surface area (Å²) >= 11 is 0. The molecule has 310 valence electrons. The van der Waals surface area contributed by atoms with Gasteiger partial charge in [-0.1, -0.05) is 66.7 Å². The molecule has 4 aromatic rings. The van der Waals surface area contributed by atoms with Gasteiger partial charge in [-0.2, -0.15) is 5.26 Å². The van der Waals surface area contributed by atoms with Crippen molar-refractivity contribution in [1.29, 1.82) is 5.26 Å². The zero-order valence-corrected chi connectivity index (χ0v) is 35.5. The van der Waals surface area contributed by atoms with Gasteiger partial charge in [0.1, 0.15) is 17.1 Å². The van der Waals surface area contributed by atoms with Gasteiger partial charge in [0, 0.05) is 31.6 Å². The summed E-state index contributed by atoms with van der Waals surface area (Å²) in [7, 11) is 1.65. The van der Waals surface area contributed by atoms with Crippen LogP contribution in [0.15, 0.2) is 103 Å². The Morgan fingerprint density at radius 1 is 0.814 bits per heavy atom. The fraction of sp³-hybridized carbons (Fsp3) is 0.391. The first kappa shape index (κ1) is 43.4. The fourth-order valence-corrected chi connectivity index (χ4v) is 9.64. The van der Waals surface area contributed by atoms with E-state index in [0.29, 0.717) is 29.0 Å². The molecule has 0 bridgehead atoms. The van der Waals surface area contributed by atoms with Crippen LogP contribution in [0.4, 0.5) is 0 Å². The van der Waals surface area contributed by atoms with Crippen LogP contribution in [0.1, 0.15) is 84.4 Å². The first-order valence-electron chi connectivity index (χ1n) is 20.0. The predicted molar refractivity (Wildman–Crippen MR) is 225 cm³/mol. The number of hydrogen-bond donors (Lipinski definition) is 0. The Hall–Kier alpha value is -5.15. The first-order valence-corrected chi connectivity index (χ1v) is 21.1. The summed E-state index contributed by atoms with van der Waals surface area (Å²) in [6.45, 7) is 8.80. The van der Waals surface area contributed by atoms with Crippen LogP contribution in [0, 0.1) is 11.3 Å². The van der Waals surface area contributed by atoms with E-state index in [1.165, 1.54) is 0 Å². The zero-order chi connectivity index (χ0) is 42.1. The van der Waals surface area contributed by atoms with E-state index in [1.54, 1.807) is 43.4 Å². The summed E-state index contributed by atoms with van der Waals surface area (Å²) in [5.74, 6) is 0.341. The van der Waals surface area contributed by atoms with Gasteiger partial charge in [-0.3, -0.25) is 19.3 Å². The third-order valence-electron chi connectivity index (χ3n) is 10.7. The Labute approximate surface area is 348 Å². The highest BCUT2D eigenvalue weighted by atomic mass is 31.2. The van der Waals surface area contributed by atoms with Gasteiger partial charge in [-0.25, -0.2) is 4.67 Å². The van der Waals surface area contributed by atoms with Crippen molar-refractivity contribution >= 4 is 26.2 Å². The van der Waals surface area contributed by atoms with Gasteiger partial charge in [-0.15, -0.1) is 0 Å². The molecule has 59 heavy (non-hydrogen) atoms. The van der Waals surface area contributed by atoms with Crippen LogP contribution in [-0.2, 0) is 24.2 Å². The van der Waals surface area contributed by atoms with Crippen molar-refractivity contribution in [3.8, 4) is 17.6 Å². The number of likely N-dealkylation sites (tertiary alicyclic amines) is 1. The maximum Gasteiger partial charge on any atom is 0.261 e. The standard InChI is InChI=1S/C46H53N4O8P/c1-32(2)50(33(3)4)59(57-28-12-26-47)58-40-29-37(49(30-40)43(51)25-27-48-44(52)41-15-10-11-16-42(41)45(48)53)31-56-46(34-13-8-7-9-14-34,35-17-21-38(54-5)22-18-35)36-19-23-39(55-6)24-20-36/h7-11,13-24,32-33,37,40H,12,25,27-31H2,1-6H3/t37-,40+,59?/m0/s1. The summed E-state index contributed by atoms with van der Waals surface area (Å²) in [5, 5.41) is 9.29. The van der Waals surface area contributed by atoms with E-state index in [1.807, 2.05) is 78.9 Å². The third-order valence-corrected chi connectivity index (χ3v) is 12.9. The van der Waals surface area contributed by atoms with Crippen molar-refractivity contribution in [2.24, 2.45) is 0 Å². The van der Waals surface area contributed by atoms with Crippen LogP contribution >= 0.6 is 8.53 Å². The largest absolute Gasteiger partial charge is 0.497 e. The minimum atomic E-state index is -1.60. The molecule has 6 rings (SSSR count). The van der Waals surface area contributed by atoms with Gasteiger partial charge in [0.15, 0.2) is 0 Å². The number of fused-ring (bicyclic) bond motifs is 1. The van der Waals surface area contributed by atoms with E-state index in [2.05, 4.69) is 38.4 Å². The smallest absolute Gasteiger partial charge is 0.261 e. The topological polar surface area (TPSA) is 131 Å². The highest BCUT2D eigenvalue weighted by Gasteiger charge is 2.44. The Morgan fingerprint density at radius 2 is 1.34 bits per heavy atom. The molecule has 2 aliphatic heterocycles. The number of rotatable bonds is 19. The molecular formula is C46H53N4O8P. The molecule has 3 atom stereocenters. The summed E-state index contributed by atoms with van der Waals surface area (Å²) in [6, 6.07) is 34.1. The van der Waals surface area contributed by atoms with Crippen LogP contribution in [-0.4, -0.2) is 96.9 Å². The summed E-state index contributed by atoms with van der Waals surface area (Å²) < 4.78 is 33.6. The Bertz CT molecular complexity index is 2000. The Kier molecular flexibility index (Phi) is 14.5. The second-order valence-electron chi connectivity index (χ2n) is 15.1. The van der Waals surface area contributed by atoms with Crippen LogP contribution in [0.5, 0.6) is 11.5 Å². The minimum Gasteiger partial charge on any atom is -0.497 e. The molecule has 1 saturated heterocycles. The number of benzene rings is 4. The van der Waals surface area contributed by atoms with Crippen LogP contribution in [0.25, 0.3) is 0 Å². The number of amides is 3. The summed E-state index contributed by atoms with van der Waals surface area (Å²) in [5.41, 5.74) is 2.12. The lowest BCUT2D eigenvalue weighted by molar-refractivity contribution is -0.134. The molecule has 0 spiro atoms. The van der Waals surface area contributed by atoms with E-state index < -0.39 is 38.1 Å². The van der Waals surface area contributed by atoms with Crippen molar-refractivity contribution in [1.82, 2.24) is 14.5 Å². The van der Waals surface area contributed by atoms with E-state index >= 15 is 0 Å². The molecule has 1 fully saturated rings. The fourth-order valence-electron chi connectivity index (χ4n) is 7.92. The molecule has 13 heteroatoms. The lowest BCUT2D eigenvalue weighted by atomic mass is 9.80. The molecule has 0 aromatic heterocycles. The Morgan fingerprint density at radius 3 is 1.85 bits per heavy atom.